The second-order valence-electron chi connectivity index (χ2n) is 4.97. The number of aromatic carboxylic acids is 1. The first kappa shape index (κ1) is 14.4. The molecule has 1 amide bonds. The topological polar surface area (TPSA) is 66.8 Å². The molecule has 1 N–H and O–H groups in total. The summed E-state index contributed by atoms with van der Waals surface area (Å²) in [4.78, 5) is 24.6. The Morgan fingerprint density at radius 2 is 2.20 bits per heavy atom. The Bertz CT molecular complexity index is 500. The Hall–Kier alpha value is -2.04. The van der Waals surface area contributed by atoms with Gasteiger partial charge >= 0.3 is 5.97 Å². The molecule has 1 aliphatic rings. The quantitative estimate of drug-likeness (QED) is 0.864. The lowest BCUT2D eigenvalue weighted by molar-refractivity contribution is -0.128. The van der Waals surface area contributed by atoms with Crippen LogP contribution in [0.25, 0.3) is 0 Å². The summed E-state index contributed by atoms with van der Waals surface area (Å²) in [6.07, 6.45) is 1.62. The Labute approximate surface area is 118 Å². The van der Waals surface area contributed by atoms with Crippen LogP contribution in [0, 0.1) is 5.92 Å². The van der Waals surface area contributed by atoms with E-state index in [1.165, 1.54) is 6.07 Å². The number of nitrogens with zero attached hydrogens (tertiary/aromatic N) is 1. The molecule has 0 aromatic heterocycles. The van der Waals surface area contributed by atoms with E-state index in [-0.39, 0.29) is 11.5 Å². The zero-order valence-corrected chi connectivity index (χ0v) is 11.5. The summed E-state index contributed by atoms with van der Waals surface area (Å²) in [6, 6.07) is 6.53. The Kier molecular flexibility index (Phi) is 4.61. The second kappa shape index (κ2) is 6.41. The van der Waals surface area contributed by atoms with E-state index in [1.807, 2.05) is 0 Å². The van der Waals surface area contributed by atoms with Crippen LogP contribution in [-0.2, 0) is 4.79 Å². The molecule has 0 saturated carbocycles. The maximum atomic E-state index is 11.7. The fourth-order valence-corrected chi connectivity index (χ4v) is 2.38. The van der Waals surface area contributed by atoms with Crippen molar-refractivity contribution in [1.29, 1.82) is 0 Å². The largest absolute Gasteiger partial charge is 0.491 e. The minimum Gasteiger partial charge on any atom is -0.491 e. The normalized spacial score (nSPS) is 18.4. The van der Waals surface area contributed by atoms with Gasteiger partial charge in [0.1, 0.15) is 17.9 Å². The molecule has 20 heavy (non-hydrogen) atoms. The number of carboxylic acid groups (broad SMARTS) is 1. The van der Waals surface area contributed by atoms with Crippen LogP contribution >= 0.6 is 0 Å². The van der Waals surface area contributed by atoms with Crippen molar-refractivity contribution in [2.24, 2.45) is 5.92 Å². The fraction of sp³-hybridized carbons (Fsp3) is 0.467. The molecule has 1 unspecified atom stereocenters. The number of carboxylic acids is 1. The van der Waals surface area contributed by atoms with Crippen LogP contribution in [-0.4, -0.2) is 41.6 Å². The molecule has 1 saturated heterocycles. The highest BCUT2D eigenvalue weighted by atomic mass is 16.5. The van der Waals surface area contributed by atoms with Crippen LogP contribution < -0.4 is 4.74 Å². The number of para-hydroxylation sites is 1. The Morgan fingerprint density at radius 1 is 1.45 bits per heavy atom. The predicted octanol–water partition coefficient (Wildman–Crippen LogP) is 2.02. The molecule has 2 rings (SSSR count). The van der Waals surface area contributed by atoms with Crippen molar-refractivity contribution in [2.45, 2.75) is 19.8 Å². The van der Waals surface area contributed by atoms with Gasteiger partial charge < -0.3 is 14.7 Å². The van der Waals surface area contributed by atoms with Gasteiger partial charge in [-0.1, -0.05) is 25.5 Å². The van der Waals surface area contributed by atoms with E-state index in [0.29, 0.717) is 31.2 Å². The number of rotatable bonds is 6. The predicted molar refractivity (Wildman–Crippen MR) is 73.9 cm³/mol. The van der Waals surface area contributed by atoms with E-state index in [0.717, 1.165) is 13.0 Å². The van der Waals surface area contributed by atoms with Gasteiger partial charge in [0.05, 0.1) is 6.54 Å². The molecule has 5 nitrogen and oxygen atoms in total. The summed E-state index contributed by atoms with van der Waals surface area (Å²) >= 11 is 0. The molecule has 1 heterocycles. The number of carbonyl (C=O) groups excluding carboxylic acids is 1. The summed E-state index contributed by atoms with van der Waals surface area (Å²) in [6.45, 7) is 3.68. The van der Waals surface area contributed by atoms with Crippen molar-refractivity contribution in [3.05, 3.63) is 29.8 Å². The fourth-order valence-electron chi connectivity index (χ4n) is 2.38. The lowest BCUT2D eigenvalue weighted by Gasteiger charge is -2.17. The van der Waals surface area contributed by atoms with Gasteiger partial charge in [0.15, 0.2) is 0 Å². The molecule has 0 radical (unpaired) electrons. The third-order valence-electron chi connectivity index (χ3n) is 3.61. The summed E-state index contributed by atoms with van der Waals surface area (Å²) in [5, 5.41) is 9.04. The summed E-state index contributed by atoms with van der Waals surface area (Å²) in [7, 11) is 0. The van der Waals surface area contributed by atoms with Crippen molar-refractivity contribution in [1.82, 2.24) is 4.90 Å². The van der Waals surface area contributed by atoms with Crippen LogP contribution in [0.15, 0.2) is 24.3 Å². The third-order valence-corrected chi connectivity index (χ3v) is 3.61. The molecule has 1 aliphatic heterocycles. The molecule has 5 heteroatoms. The van der Waals surface area contributed by atoms with Crippen LogP contribution in [0.5, 0.6) is 5.75 Å². The number of amides is 1. The number of likely N-dealkylation sites (tertiary alicyclic amines) is 1. The van der Waals surface area contributed by atoms with Crippen LogP contribution in [0.3, 0.4) is 0 Å². The number of benzene rings is 1. The van der Waals surface area contributed by atoms with Gasteiger partial charge in [-0.25, -0.2) is 4.79 Å². The zero-order valence-electron chi connectivity index (χ0n) is 11.5. The second-order valence-corrected chi connectivity index (χ2v) is 4.97. The first-order valence-corrected chi connectivity index (χ1v) is 6.84. The average molecular weight is 277 g/mol. The first-order chi connectivity index (χ1) is 9.61. The van der Waals surface area contributed by atoms with Gasteiger partial charge in [0.25, 0.3) is 0 Å². The van der Waals surface area contributed by atoms with Crippen LogP contribution in [0.2, 0.25) is 0 Å². The minimum absolute atomic E-state index is 0.145. The van der Waals surface area contributed by atoms with E-state index >= 15 is 0 Å². The van der Waals surface area contributed by atoms with Gasteiger partial charge in [-0.15, -0.1) is 0 Å². The molecule has 1 aromatic rings. The highest BCUT2D eigenvalue weighted by Crippen LogP contribution is 2.21. The van der Waals surface area contributed by atoms with Gasteiger partial charge in [-0.3, -0.25) is 4.79 Å². The molecular formula is C15H19NO4. The molecular weight excluding hydrogens is 258 g/mol. The van der Waals surface area contributed by atoms with Crippen molar-refractivity contribution >= 4 is 11.9 Å². The summed E-state index contributed by atoms with van der Waals surface area (Å²) < 4.78 is 5.50. The maximum Gasteiger partial charge on any atom is 0.339 e. The molecule has 1 fully saturated rings. The molecule has 108 valence electrons. The smallest absolute Gasteiger partial charge is 0.339 e. The van der Waals surface area contributed by atoms with Gasteiger partial charge in [0.2, 0.25) is 5.91 Å². The third kappa shape index (κ3) is 3.29. The van der Waals surface area contributed by atoms with Crippen molar-refractivity contribution in [2.75, 3.05) is 19.7 Å². The van der Waals surface area contributed by atoms with Gasteiger partial charge in [0, 0.05) is 13.0 Å². The van der Waals surface area contributed by atoms with Crippen LogP contribution in [0.4, 0.5) is 0 Å². The first-order valence-electron chi connectivity index (χ1n) is 6.84. The van der Waals surface area contributed by atoms with Crippen molar-refractivity contribution < 1.29 is 19.4 Å². The molecule has 0 aliphatic carbocycles. The minimum atomic E-state index is -1.01. The number of hydrogen-bond acceptors (Lipinski definition) is 3. The lowest BCUT2D eigenvalue weighted by atomic mass is 10.1. The molecule has 0 bridgehead atoms. The van der Waals surface area contributed by atoms with Crippen molar-refractivity contribution in [3.63, 3.8) is 0 Å². The number of hydrogen-bond donors (Lipinski definition) is 1. The van der Waals surface area contributed by atoms with Gasteiger partial charge in [-0.05, 0) is 18.1 Å². The zero-order chi connectivity index (χ0) is 14.5. The van der Waals surface area contributed by atoms with Crippen LogP contribution in [0.1, 0.15) is 30.1 Å². The highest BCUT2D eigenvalue weighted by molar-refractivity contribution is 5.90. The molecule has 0 spiro atoms. The maximum absolute atomic E-state index is 11.7. The molecule has 1 atom stereocenters. The summed E-state index contributed by atoms with van der Waals surface area (Å²) in [5.41, 5.74) is 0.145. The van der Waals surface area contributed by atoms with E-state index in [9.17, 15) is 9.59 Å². The van der Waals surface area contributed by atoms with E-state index in [2.05, 4.69) is 6.92 Å². The van der Waals surface area contributed by atoms with E-state index in [4.69, 9.17) is 9.84 Å². The highest BCUT2D eigenvalue weighted by Gasteiger charge is 2.27. The average Bonchev–Trinajstić information content (AvgIpc) is 2.80. The number of carbonyl (C=O) groups is 2. The van der Waals surface area contributed by atoms with E-state index < -0.39 is 5.97 Å². The Morgan fingerprint density at radius 3 is 2.85 bits per heavy atom. The monoisotopic (exact) mass is 277 g/mol. The van der Waals surface area contributed by atoms with Crippen molar-refractivity contribution in [3.8, 4) is 5.75 Å². The van der Waals surface area contributed by atoms with E-state index in [1.54, 1.807) is 23.1 Å². The standard InChI is InChI=1S/C15H19NO4/c1-2-11-9-14(17)16(10-11)7-8-20-13-6-4-3-5-12(13)15(18)19/h3-6,11H,2,7-10H2,1H3,(H,18,19). The molecule has 1 aromatic carbocycles. The summed E-state index contributed by atoms with van der Waals surface area (Å²) in [5.74, 6) is -0.0663. The lowest BCUT2D eigenvalue weighted by Crippen LogP contribution is -2.30. The number of ether oxygens (including phenoxy) is 1. The van der Waals surface area contributed by atoms with Gasteiger partial charge in [-0.2, -0.15) is 0 Å². The SMILES string of the molecule is CCC1CC(=O)N(CCOc2ccccc2C(=O)O)C1. The Balaban J connectivity index is 1.88.